The molecule has 0 bridgehead atoms. The third kappa shape index (κ3) is 2.12. The second kappa shape index (κ2) is 4.31. The van der Waals surface area contributed by atoms with E-state index in [1.165, 1.54) is 5.56 Å². The molecule has 2 aromatic heterocycles. The Balaban J connectivity index is 2.04. The molecule has 0 fully saturated rings. The minimum atomic E-state index is 0.606. The SMILES string of the molecule is Cc1ccc(-n2cc(N)c(-c3ccc(C)o3)n2)cc1. The van der Waals surface area contributed by atoms with Crippen LogP contribution in [-0.4, -0.2) is 9.78 Å². The third-order valence-corrected chi connectivity index (χ3v) is 3.01. The third-order valence-electron chi connectivity index (χ3n) is 3.01. The molecule has 0 saturated heterocycles. The molecule has 0 radical (unpaired) electrons. The van der Waals surface area contributed by atoms with Crippen LogP contribution in [0.1, 0.15) is 11.3 Å². The number of anilines is 1. The Morgan fingerprint density at radius 1 is 1.05 bits per heavy atom. The molecule has 1 aromatic carbocycles. The summed E-state index contributed by atoms with van der Waals surface area (Å²) in [5.41, 5.74) is 9.48. The molecule has 2 N–H and O–H groups in total. The van der Waals surface area contributed by atoms with Crippen LogP contribution in [0.3, 0.4) is 0 Å². The lowest BCUT2D eigenvalue weighted by Crippen LogP contribution is -1.94. The van der Waals surface area contributed by atoms with Crippen LogP contribution in [0.4, 0.5) is 5.69 Å². The first-order valence-electron chi connectivity index (χ1n) is 6.12. The average molecular weight is 253 g/mol. The molecule has 96 valence electrons. The maximum absolute atomic E-state index is 6.01. The van der Waals surface area contributed by atoms with Crippen molar-refractivity contribution in [1.29, 1.82) is 0 Å². The fourth-order valence-electron chi connectivity index (χ4n) is 1.97. The van der Waals surface area contributed by atoms with Crippen molar-refractivity contribution in [2.75, 3.05) is 5.73 Å². The Morgan fingerprint density at radius 3 is 2.42 bits per heavy atom. The summed E-state index contributed by atoms with van der Waals surface area (Å²) in [4.78, 5) is 0. The molecule has 0 spiro atoms. The fourth-order valence-corrected chi connectivity index (χ4v) is 1.97. The second-order valence-corrected chi connectivity index (χ2v) is 4.62. The van der Waals surface area contributed by atoms with E-state index in [1.54, 1.807) is 10.9 Å². The highest BCUT2D eigenvalue weighted by atomic mass is 16.3. The average Bonchev–Trinajstić information content (AvgIpc) is 2.96. The molecule has 19 heavy (non-hydrogen) atoms. The Hall–Kier alpha value is -2.49. The number of hydrogen-bond acceptors (Lipinski definition) is 3. The standard InChI is InChI=1S/C15H15N3O/c1-10-3-6-12(7-4-10)18-9-13(16)15(17-18)14-8-5-11(2)19-14/h3-9H,16H2,1-2H3. The number of rotatable bonds is 2. The number of furan rings is 1. The van der Waals surface area contributed by atoms with E-state index in [2.05, 4.69) is 12.0 Å². The van der Waals surface area contributed by atoms with Crippen molar-refractivity contribution >= 4 is 5.69 Å². The van der Waals surface area contributed by atoms with Crippen LogP contribution in [0.5, 0.6) is 0 Å². The van der Waals surface area contributed by atoms with Gasteiger partial charge in [0.25, 0.3) is 0 Å². The normalized spacial score (nSPS) is 10.8. The number of benzene rings is 1. The summed E-state index contributed by atoms with van der Waals surface area (Å²) in [6.07, 6.45) is 1.80. The van der Waals surface area contributed by atoms with Gasteiger partial charge in [0.2, 0.25) is 0 Å². The molecule has 0 unspecified atom stereocenters. The number of hydrogen-bond donors (Lipinski definition) is 1. The summed E-state index contributed by atoms with van der Waals surface area (Å²) >= 11 is 0. The van der Waals surface area contributed by atoms with Crippen LogP contribution in [0.15, 0.2) is 47.0 Å². The highest BCUT2D eigenvalue weighted by Crippen LogP contribution is 2.27. The number of nitrogens with zero attached hydrogens (tertiary/aromatic N) is 2. The fraction of sp³-hybridized carbons (Fsp3) is 0.133. The van der Waals surface area contributed by atoms with Crippen molar-refractivity contribution in [3.05, 3.63) is 53.9 Å². The van der Waals surface area contributed by atoms with Gasteiger partial charge in [-0.15, -0.1) is 0 Å². The molecule has 0 amide bonds. The van der Waals surface area contributed by atoms with Gasteiger partial charge < -0.3 is 10.2 Å². The van der Waals surface area contributed by atoms with Gasteiger partial charge in [-0.3, -0.25) is 0 Å². The largest absolute Gasteiger partial charge is 0.460 e. The monoisotopic (exact) mass is 253 g/mol. The molecule has 2 heterocycles. The molecular weight excluding hydrogens is 238 g/mol. The topological polar surface area (TPSA) is 57.0 Å². The van der Waals surface area contributed by atoms with E-state index in [9.17, 15) is 0 Å². The summed E-state index contributed by atoms with van der Waals surface area (Å²) in [6, 6.07) is 11.9. The number of nitrogen functional groups attached to an aromatic ring is 1. The van der Waals surface area contributed by atoms with E-state index in [-0.39, 0.29) is 0 Å². The van der Waals surface area contributed by atoms with Gasteiger partial charge in [0.05, 0.1) is 17.6 Å². The number of aryl methyl sites for hydroxylation is 2. The Kier molecular flexibility index (Phi) is 2.63. The molecule has 0 aliphatic rings. The highest BCUT2D eigenvalue weighted by molar-refractivity contribution is 5.68. The molecular formula is C15H15N3O. The Bertz CT molecular complexity index is 707. The van der Waals surface area contributed by atoms with Gasteiger partial charge in [0.15, 0.2) is 11.5 Å². The number of aromatic nitrogens is 2. The predicted octanol–water partition coefficient (Wildman–Crippen LogP) is 3.33. The summed E-state index contributed by atoms with van der Waals surface area (Å²) in [5, 5.41) is 4.49. The van der Waals surface area contributed by atoms with Gasteiger partial charge in [0.1, 0.15) is 5.76 Å². The summed E-state index contributed by atoms with van der Waals surface area (Å²) in [7, 11) is 0. The Morgan fingerprint density at radius 2 is 1.79 bits per heavy atom. The highest BCUT2D eigenvalue weighted by Gasteiger charge is 2.12. The summed E-state index contributed by atoms with van der Waals surface area (Å²) < 4.78 is 7.33. The lowest BCUT2D eigenvalue weighted by molar-refractivity contribution is 0.546. The zero-order chi connectivity index (χ0) is 13.4. The van der Waals surface area contributed by atoms with Crippen molar-refractivity contribution in [3.8, 4) is 17.1 Å². The lowest BCUT2D eigenvalue weighted by Gasteiger charge is -2.00. The van der Waals surface area contributed by atoms with E-state index < -0.39 is 0 Å². The zero-order valence-electron chi connectivity index (χ0n) is 10.9. The van der Waals surface area contributed by atoms with E-state index in [0.717, 1.165) is 11.4 Å². The van der Waals surface area contributed by atoms with Crippen molar-refractivity contribution < 1.29 is 4.42 Å². The first kappa shape index (κ1) is 11.6. The van der Waals surface area contributed by atoms with Crippen LogP contribution >= 0.6 is 0 Å². The molecule has 4 heteroatoms. The molecule has 3 rings (SSSR count). The van der Waals surface area contributed by atoms with Gasteiger partial charge >= 0.3 is 0 Å². The summed E-state index contributed by atoms with van der Waals surface area (Å²) in [6.45, 7) is 3.95. The van der Waals surface area contributed by atoms with E-state index in [1.807, 2.05) is 43.3 Å². The van der Waals surface area contributed by atoms with Crippen molar-refractivity contribution in [2.24, 2.45) is 0 Å². The van der Waals surface area contributed by atoms with Gasteiger partial charge in [-0.1, -0.05) is 17.7 Å². The minimum Gasteiger partial charge on any atom is -0.460 e. The molecule has 0 aliphatic carbocycles. The lowest BCUT2D eigenvalue weighted by atomic mass is 10.2. The van der Waals surface area contributed by atoms with Gasteiger partial charge in [-0.2, -0.15) is 5.10 Å². The van der Waals surface area contributed by atoms with Gasteiger partial charge in [-0.05, 0) is 38.1 Å². The smallest absolute Gasteiger partial charge is 0.156 e. The van der Waals surface area contributed by atoms with E-state index >= 15 is 0 Å². The van der Waals surface area contributed by atoms with Crippen LogP contribution in [0.2, 0.25) is 0 Å². The van der Waals surface area contributed by atoms with Crippen molar-refractivity contribution in [2.45, 2.75) is 13.8 Å². The molecule has 0 saturated carbocycles. The summed E-state index contributed by atoms with van der Waals surface area (Å²) in [5.74, 6) is 1.54. The minimum absolute atomic E-state index is 0.606. The molecule has 0 aliphatic heterocycles. The van der Waals surface area contributed by atoms with Gasteiger partial charge in [0, 0.05) is 0 Å². The van der Waals surface area contributed by atoms with Crippen molar-refractivity contribution in [1.82, 2.24) is 9.78 Å². The quantitative estimate of drug-likeness (QED) is 0.762. The molecule has 0 atom stereocenters. The van der Waals surface area contributed by atoms with Crippen LogP contribution in [0, 0.1) is 13.8 Å². The predicted molar refractivity (Wildman–Crippen MR) is 75.2 cm³/mol. The van der Waals surface area contributed by atoms with E-state index in [0.29, 0.717) is 17.1 Å². The van der Waals surface area contributed by atoms with Gasteiger partial charge in [-0.25, -0.2) is 4.68 Å². The van der Waals surface area contributed by atoms with Crippen molar-refractivity contribution in [3.63, 3.8) is 0 Å². The first-order valence-corrected chi connectivity index (χ1v) is 6.12. The molecule has 4 nitrogen and oxygen atoms in total. The van der Waals surface area contributed by atoms with Crippen LogP contribution in [0.25, 0.3) is 17.1 Å². The maximum Gasteiger partial charge on any atom is 0.156 e. The van der Waals surface area contributed by atoms with E-state index in [4.69, 9.17) is 10.2 Å². The molecule has 3 aromatic rings. The second-order valence-electron chi connectivity index (χ2n) is 4.62. The Labute approximate surface area is 111 Å². The maximum atomic E-state index is 6.01. The van der Waals surface area contributed by atoms with Crippen LogP contribution in [-0.2, 0) is 0 Å². The van der Waals surface area contributed by atoms with Crippen LogP contribution < -0.4 is 5.73 Å². The first-order chi connectivity index (χ1) is 9.13. The number of nitrogens with two attached hydrogens (primary N) is 1. The zero-order valence-corrected chi connectivity index (χ0v) is 10.9.